The van der Waals surface area contributed by atoms with E-state index in [9.17, 15) is 25.2 Å². The molecule has 1 amide bonds. The molecule has 1 heterocycles. The highest BCUT2D eigenvalue weighted by atomic mass is 32.2. The van der Waals surface area contributed by atoms with Crippen LogP contribution in [-0.4, -0.2) is 41.9 Å². The van der Waals surface area contributed by atoms with Crippen molar-refractivity contribution in [1.82, 2.24) is 5.01 Å². The smallest absolute Gasteiger partial charge is 0.286 e. The van der Waals surface area contributed by atoms with Crippen molar-refractivity contribution < 1.29 is 25.2 Å². The molecule has 1 aliphatic heterocycles. The molecule has 7 nitrogen and oxygen atoms in total. The third-order valence-corrected chi connectivity index (χ3v) is 4.68. The van der Waals surface area contributed by atoms with Gasteiger partial charge in [0.05, 0.1) is 11.1 Å². The van der Waals surface area contributed by atoms with Gasteiger partial charge >= 0.3 is 0 Å². The third kappa shape index (κ3) is 3.63. The van der Waals surface area contributed by atoms with Gasteiger partial charge in [0.2, 0.25) is 0 Å². The van der Waals surface area contributed by atoms with Crippen LogP contribution in [0.2, 0.25) is 0 Å². The van der Waals surface area contributed by atoms with Crippen molar-refractivity contribution in [2.75, 3.05) is 0 Å². The Kier molecular flexibility index (Phi) is 4.83. The van der Waals surface area contributed by atoms with Crippen LogP contribution in [0.4, 0.5) is 0 Å². The van der Waals surface area contributed by atoms with Crippen molar-refractivity contribution >= 4 is 46.5 Å². The molecule has 2 aromatic rings. The van der Waals surface area contributed by atoms with Crippen LogP contribution in [0.5, 0.6) is 23.0 Å². The minimum absolute atomic E-state index is 0.0889. The highest BCUT2D eigenvalue weighted by Gasteiger charge is 2.32. The molecule has 0 bridgehead atoms. The second kappa shape index (κ2) is 7.06. The van der Waals surface area contributed by atoms with Gasteiger partial charge < -0.3 is 20.4 Å². The number of amides is 1. The fourth-order valence-electron chi connectivity index (χ4n) is 2.10. The largest absolute Gasteiger partial charge is 0.508 e. The number of hydrazone groups is 1. The Morgan fingerprint density at radius 1 is 1.00 bits per heavy atom. The topological polar surface area (TPSA) is 114 Å². The molecule has 26 heavy (non-hydrogen) atoms. The molecule has 2 aromatic carbocycles. The number of carbonyl (C=O) groups excluding carboxylic acids is 1. The molecule has 0 radical (unpaired) electrons. The van der Waals surface area contributed by atoms with E-state index in [2.05, 4.69) is 5.10 Å². The van der Waals surface area contributed by atoms with Gasteiger partial charge in [0.1, 0.15) is 11.5 Å². The van der Waals surface area contributed by atoms with Crippen LogP contribution in [0.15, 0.2) is 46.4 Å². The fraction of sp³-hybridized carbons (Fsp3) is 0. The Bertz CT molecular complexity index is 972. The van der Waals surface area contributed by atoms with E-state index >= 15 is 0 Å². The lowest BCUT2D eigenvalue weighted by atomic mass is 10.1. The van der Waals surface area contributed by atoms with Gasteiger partial charge in [-0.05, 0) is 54.2 Å². The Balaban J connectivity index is 1.83. The number of phenols is 4. The van der Waals surface area contributed by atoms with Crippen molar-refractivity contribution in [3.63, 3.8) is 0 Å². The number of benzene rings is 2. The number of phenolic OH excluding ortho intramolecular Hbond substituents is 4. The first-order valence-electron chi connectivity index (χ1n) is 7.21. The standard InChI is InChI=1S/C17H12N2O5S2/c20-11-3-2-10(13(22)7-11)6-15-16(24)19(17(25)26-15)18-8-9-1-4-12(21)14(23)5-9/h1-8,20-23H/b15-6+,18-8+. The Morgan fingerprint density at radius 2 is 1.77 bits per heavy atom. The highest BCUT2D eigenvalue weighted by Crippen LogP contribution is 2.35. The number of nitrogens with zero attached hydrogens (tertiary/aromatic N) is 2. The van der Waals surface area contributed by atoms with Gasteiger partial charge in [-0.15, -0.1) is 0 Å². The summed E-state index contributed by atoms with van der Waals surface area (Å²) in [5.41, 5.74) is 0.824. The van der Waals surface area contributed by atoms with Crippen molar-refractivity contribution in [2.45, 2.75) is 0 Å². The summed E-state index contributed by atoms with van der Waals surface area (Å²) in [7, 11) is 0. The maximum absolute atomic E-state index is 12.5. The quantitative estimate of drug-likeness (QED) is 0.277. The molecule has 0 aliphatic carbocycles. The van der Waals surface area contributed by atoms with Gasteiger partial charge in [-0.2, -0.15) is 10.1 Å². The van der Waals surface area contributed by atoms with Crippen LogP contribution >= 0.6 is 24.0 Å². The van der Waals surface area contributed by atoms with E-state index in [-0.39, 0.29) is 32.2 Å². The second-order valence-electron chi connectivity index (χ2n) is 5.23. The molecule has 0 unspecified atom stereocenters. The summed E-state index contributed by atoms with van der Waals surface area (Å²) in [6.07, 6.45) is 2.78. The van der Waals surface area contributed by atoms with E-state index in [1.165, 1.54) is 48.7 Å². The van der Waals surface area contributed by atoms with Crippen LogP contribution in [0.3, 0.4) is 0 Å². The Labute approximate surface area is 157 Å². The summed E-state index contributed by atoms with van der Waals surface area (Å²) in [6.45, 7) is 0. The van der Waals surface area contributed by atoms with Crippen LogP contribution in [0, 0.1) is 0 Å². The van der Waals surface area contributed by atoms with E-state index in [0.29, 0.717) is 11.1 Å². The molecule has 4 N–H and O–H groups in total. The van der Waals surface area contributed by atoms with Crippen molar-refractivity contribution in [3.05, 3.63) is 52.4 Å². The zero-order valence-electron chi connectivity index (χ0n) is 13.0. The molecule has 1 saturated heterocycles. The molecule has 1 fully saturated rings. The van der Waals surface area contributed by atoms with E-state index in [1.807, 2.05) is 0 Å². The molecule has 0 aromatic heterocycles. The van der Waals surface area contributed by atoms with Gasteiger partial charge in [-0.25, -0.2) is 0 Å². The zero-order chi connectivity index (χ0) is 18.8. The SMILES string of the molecule is O=C1/C(=C\c2ccc(O)cc2O)SC(=S)N1/N=C/c1ccc(O)c(O)c1. The van der Waals surface area contributed by atoms with Crippen LogP contribution in [0.1, 0.15) is 11.1 Å². The van der Waals surface area contributed by atoms with Crippen molar-refractivity contribution in [3.8, 4) is 23.0 Å². The lowest BCUT2D eigenvalue weighted by Gasteiger charge is -2.06. The summed E-state index contributed by atoms with van der Waals surface area (Å²) >= 11 is 6.17. The number of rotatable bonds is 3. The lowest BCUT2D eigenvalue weighted by molar-refractivity contribution is -0.122. The zero-order valence-corrected chi connectivity index (χ0v) is 14.7. The van der Waals surface area contributed by atoms with Gasteiger partial charge in [-0.3, -0.25) is 4.79 Å². The van der Waals surface area contributed by atoms with Gasteiger partial charge in [0.15, 0.2) is 15.8 Å². The van der Waals surface area contributed by atoms with Crippen molar-refractivity contribution in [2.24, 2.45) is 5.10 Å². The molecule has 9 heteroatoms. The number of carbonyl (C=O) groups is 1. The first-order valence-corrected chi connectivity index (χ1v) is 8.43. The normalized spacial score (nSPS) is 16.2. The van der Waals surface area contributed by atoms with Crippen LogP contribution < -0.4 is 0 Å². The molecule has 0 saturated carbocycles. The fourth-order valence-corrected chi connectivity index (χ4v) is 3.26. The van der Waals surface area contributed by atoms with E-state index in [4.69, 9.17) is 12.2 Å². The second-order valence-corrected chi connectivity index (χ2v) is 6.91. The van der Waals surface area contributed by atoms with Crippen LogP contribution in [0.25, 0.3) is 6.08 Å². The highest BCUT2D eigenvalue weighted by molar-refractivity contribution is 8.26. The van der Waals surface area contributed by atoms with Gasteiger partial charge in [0.25, 0.3) is 5.91 Å². The third-order valence-electron chi connectivity index (χ3n) is 3.40. The Morgan fingerprint density at radius 3 is 2.46 bits per heavy atom. The van der Waals surface area contributed by atoms with E-state index < -0.39 is 5.91 Å². The number of thioether (sulfide) groups is 1. The average Bonchev–Trinajstić information content (AvgIpc) is 2.85. The Hall–Kier alpha value is -3.04. The maximum Gasteiger partial charge on any atom is 0.286 e. The molecule has 132 valence electrons. The monoisotopic (exact) mass is 388 g/mol. The summed E-state index contributed by atoms with van der Waals surface area (Å²) < 4.78 is 0.207. The summed E-state index contributed by atoms with van der Waals surface area (Å²) in [5.74, 6) is -1.29. The van der Waals surface area contributed by atoms with Crippen LogP contribution in [-0.2, 0) is 4.79 Å². The molecule has 1 aliphatic rings. The summed E-state index contributed by atoms with van der Waals surface area (Å²) in [6, 6.07) is 8.14. The summed E-state index contributed by atoms with van der Waals surface area (Å²) in [4.78, 5) is 12.7. The predicted molar refractivity (Wildman–Crippen MR) is 102 cm³/mol. The molecular formula is C17H12N2O5S2. The summed E-state index contributed by atoms with van der Waals surface area (Å²) in [5, 5.41) is 42.9. The number of hydrogen-bond acceptors (Lipinski definition) is 8. The van der Waals surface area contributed by atoms with Gasteiger partial charge in [0, 0.05) is 11.6 Å². The number of hydrogen-bond donors (Lipinski definition) is 4. The molecule has 0 spiro atoms. The lowest BCUT2D eigenvalue weighted by Crippen LogP contribution is -2.22. The first kappa shape index (κ1) is 17.8. The first-order chi connectivity index (χ1) is 12.3. The number of aromatic hydroxyl groups is 4. The minimum atomic E-state index is -0.466. The average molecular weight is 388 g/mol. The molecular weight excluding hydrogens is 376 g/mol. The minimum Gasteiger partial charge on any atom is -0.508 e. The molecule has 3 rings (SSSR count). The van der Waals surface area contributed by atoms with Gasteiger partial charge in [-0.1, -0.05) is 11.8 Å². The van der Waals surface area contributed by atoms with E-state index in [1.54, 1.807) is 0 Å². The maximum atomic E-state index is 12.5. The predicted octanol–water partition coefficient (Wildman–Crippen LogP) is 2.74. The van der Waals surface area contributed by atoms with E-state index in [0.717, 1.165) is 16.8 Å². The molecule has 0 atom stereocenters. The number of thiocarbonyl (C=S) groups is 1. The van der Waals surface area contributed by atoms with Crippen molar-refractivity contribution in [1.29, 1.82) is 0 Å².